The molecule has 0 aliphatic heterocycles. The van der Waals surface area contributed by atoms with Crippen LogP contribution in [0, 0.1) is 6.92 Å². The second-order valence-corrected chi connectivity index (χ2v) is 11.3. The number of fused-ring (bicyclic) bond motifs is 7. The molecule has 6 aromatic carbocycles. The fourth-order valence-electron chi connectivity index (χ4n) is 7.03. The number of hydrogen-bond donors (Lipinski definition) is 0. The van der Waals surface area contributed by atoms with Gasteiger partial charge in [-0.1, -0.05) is 97.1 Å². The van der Waals surface area contributed by atoms with E-state index in [9.17, 15) is 0 Å². The van der Waals surface area contributed by atoms with Gasteiger partial charge < -0.3 is 4.57 Å². The molecule has 0 bridgehead atoms. The zero-order chi connectivity index (χ0) is 27.8. The maximum absolute atomic E-state index is 4.52. The summed E-state index contributed by atoms with van der Waals surface area (Å²) in [6.45, 7) is 2.20. The van der Waals surface area contributed by atoms with E-state index in [2.05, 4.69) is 138 Å². The number of para-hydroxylation sites is 1. The summed E-state index contributed by atoms with van der Waals surface area (Å²) in [5.41, 5.74) is 14.7. The standard InChI is InChI=1S/C40H26N2/c1-25-21-28(26-16-18-27(19-17-26)36-14-6-7-20-41-36)23-29(22-25)42-37-15-5-4-11-33(37)40-34-13-8-12-32-30-9-2-3-10-31(30)35(39(32)34)24-38(40)42/h2-24H,1H3. The quantitative estimate of drug-likeness (QED) is 0.220. The van der Waals surface area contributed by atoms with Crippen molar-refractivity contribution in [1.82, 2.24) is 9.55 Å². The van der Waals surface area contributed by atoms with Crippen LogP contribution in [0.3, 0.4) is 0 Å². The fourth-order valence-corrected chi connectivity index (χ4v) is 7.03. The second kappa shape index (κ2) is 8.76. The molecule has 1 aliphatic rings. The van der Waals surface area contributed by atoms with Gasteiger partial charge in [-0.15, -0.1) is 0 Å². The van der Waals surface area contributed by atoms with Crippen molar-refractivity contribution in [1.29, 1.82) is 0 Å². The Kier molecular flexibility index (Phi) is 4.85. The lowest BCUT2D eigenvalue weighted by Gasteiger charge is -2.13. The van der Waals surface area contributed by atoms with Gasteiger partial charge in [0.15, 0.2) is 0 Å². The van der Waals surface area contributed by atoms with E-state index in [0.29, 0.717) is 0 Å². The molecule has 0 amide bonds. The fraction of sp³-hybridized carbons (Fsp3) is 0.0250. The first kappa shape index (κ1) is 23.3. The minimum absolute atomic E-state index is 0.990. The summed E-state index contributed by atoms with van der Waals surface area (Å²) in [7, 11) is 0. The number of nitrogens with zero attached hydrogens (tertiary/aromatic N) is 2. The van der Waals surface area contributed by atoms with Crippen LogP contribution in [0.4, 0.5) is 0 Å². The lowest BCUT2D eigenvalue weighted by atomic mass is 9.98. The number of aromatic nitrogens is 2. The molecule has 196 valence electrons. The molecule has 0 fully saturated rings. The zero-order valence-corrected chi connectivity index (χ0v) is 23.2. The van der Waals surface area contributed by atoms with Gasteiger partial charge in [0.25, 0.3) is 0 Å². The highest BCUT2D eigenvalue weighted by molar-refractivity contribution is 6.29. The third-order valence-electron chi connectivity index (χ3n) is 8.80. The van der Waals surface area contributed by atoms with Gasteiger partial charge in [0.05, 0.1) is 16.7 Å². The molecular weight excluding hydrogens is 508 g/mol. The predicted molar refractivity (Wildman–Crippen MR) is 176 cm³/mol. The molecule has 2 aromatic heterocycles. The van der Waals surface area contributed by atoms with Crippen molar-refractivity contribution >= 4 is 32.6 Å². The van der Waals surface area contributed by atoms with E-state index in [1.165, 1.54) is 77.2 Å². The van der Waals surface area contributed by atoms with Crippen molar-refractivity contribution in [2.45, 2.75) is 6.92 Å². The molecule has 2 heteroatoms. The van der Waals surface area contributed by atoms with E-state index in [1.807, 2.05) is 18.3 Å². The van der Waals surface area contributed by atoms with Crippen molar-refractivity contribution in [3.8, 4) is 50.3 Å². The molecular formula is C40H26N2. The average Bonchev–Trinajstić information content (AvgIpc) is 3.55. The van der Waals surface area contributed by atoms with E-state index in [1.54, 1.807) is 0 Å². The van der Waals surface area contributed by atoms with Crippen molar-refractivity contribution < 1.29 is 0 Å². The van der Waals surface area contributed by atoms with Crippen molar-refractivity contribution in [2.24, 2.45) is 0 Å². The van der Waals surface area contributed by atoms with Gasteiger partial charge in [0.2, 0.25) is 0 Å². The van der Waals surface area contributed by atoms with Crippen LogP contribution in [0.1, 0.15) is 5.56 Å². The molecule has 0 saturated carbocycles. The Balaban J connectivity index is 1.30. The maximum Gasteiger partial charge on any atom is 0.0701 e. The summed E-state index contributed by atoms with van der Waals surface area (Å²) in [5.74, 6) is 0. The van der Waals surface area contributed by atoms with E-state index < -0.39 is 0 Å². The Morgan fingerprint density at radius 1 is 0.476 bits per heavy atom. The molecule has 1 aliphatic carbocycles. The van der Waals surface area contributed by atoms with E-state index >= 15 is 0 Å². The van der Waals surface area contributed by atoms with E-state index in [0.717, 1.165) is 11.3 Å². The molecule has 0 spiro atoms. The number of hydrogen-bond acceptors (Lipinski definition) is 1. The Morgan fingerprint density at radius 3 is 2.02 bits per heavy atom. The third-order valence-corrected chi connectivity index (χ3v) is 8.80. The van der Waals surface area contributed by atoms with Gasteiger partial charge >= 0.3 is 0 Å². The van der Waals surface area contributed by atoms with E-state index in [-0.39, 0.29) is 0 Å². The number of aryl methyl sites for hydroxylation is 1. The van der Waals surface area contributed by atoms with Gasteiger partial charge in [-0.25, -0.2) is 0 Å². The lowest BCUT2D eigenvalue weighted by Crippen LogP contribution is -1.96. The van der Waals surface area contributed by atoms with Crippen molar-refractivity contribution in [2.75, 3.05) is 0 Å². The highest BCUT2D eigenvalue weighted by Gasteiger charge is 2.25. The largest absolute Gasteiger partial charge is 0.309 e. The Morgan fingerprint density at radius 2 is 1.19 bits per heavy atom. The molecule has 9 rings (SSSR count). The summed E-state index contributed by atoms with van der Waals surface area (Å²) in [6.07, 6.45) is 1.84. The normalized spacial score (nSPS) is 11.9. The highest BCUT2D eigenvalue weighted by Crippen LogP contribution is 2.51. The SMILES string of the molecule is Cc1cc(-c2ccc(-c3ccccn3)cc2)cc(-n2c3ccccc3c3c4cccc5c4c(cc32)-c2ccccc2-5)c1. The first-order valence-electron chi connectivity index (χ1n) is 14.5. The topological polar surface area (TPSA) is 17.8 Å². The summed E-state index contributed by atoms with van der Waals surface area (Å²) in [5, 5.41) is 5.30. The molecule has 0 saturated heterocycles. The first-order valence-corrected chi connectivity index (χ1v) is 14.5. The van der Waals surface area contributed by atoms with Crippen LogP contribution < -0.4 is 0 Å². The summed E-state index contributed by atoms with van der Waals surface area (Å²) >= 11 is 0. The second-order valence-electron chi connectivity index (χ2n) is 11.3. The van der Waals surface area contributed by atoms with Crippen LogP contribution in [0.25, 0.3) is 82.9 Å². The average molecular weight is 535 g/mol. The Hall–Kier alpha value is -5.47. The molecule has 0 radical (unpaired) electrons. The summed E-state index contributed by atoms with van der Waals surface area (Å²) < 4.78 is 2.47. The maximum atomic E-state index is 4.52. The van der Waals surface area contributed by atoms with Crippen molar-refractivity contribution in [3.05, 3.63) is 145 Å². The van der Waals surface area contributed by atoms with Gasteiger partial charge in [-0.05, 0) is 93.0 Å². The minimum atomic E-state index is 0.990. The summed E-state index contributed by atoms with van der Waals surface area (Å²) in [6, 6.07) is 48.6. The monoisotopic (exact) mass is 534 g/mol. The Labute approximate surface area is 244 Å². The van der Waals surface area contributed by atoms with Crippen LogP contribution in [0.2, 0.25) is 0 Å². The smallest absolute Gasteiger partial charge is 0.0701 e. The third kappa shape index (κ3) is 3.30. The van der Waals surface area contributed by atoms with Crippen LogP contribution in [-0.2, 0) is 0 Å². The lowest BCUT2D eigenvalue weighted by molar-refractivity contribution is 1.17. The molecule has 2 nitrogen and oxygen atoms in total. The van der Waals surface area contributed by atoms with Crippen LogP contribution >= 0.6 is 0 Å². The van der Waals surface area contributed by atoms with Gasteiger partial charge in [0, 0.05) is 28.2 Å². The Bertz CT molecular complexity index is 2340. The van der Waals surface area contributed by atoms with Gasteiger partial charge in [0.1, 0.15) is 0 Å². The minimum Gasteiger partial charge on any atom is -0.309 e. The van der Waals surface area contributed by atoms with Crippen LogP contribution in [0.5, 0.6) is 0 Å². The van der Waals surface area contributed by atoms with Crippen LogP contribution in [-0.4, -0.2) is 9.55 Å². The molecule has 2 heterocycles. The molecule has 0 unspecified atom stereocenters. The van der Waals surface area contributed by atoms with Crippen LogP contribution in [0.15, 0.2) is 140 Å². The molecule has 0 N–H and O–H groups in total. The van der Waals surface area contributed by atoms with E-state index in [4.69, 9.17) is 0 Å². The van der Waals surface area contributed by atoms with Gasteiger partial charge in [-0.3, -0.25) is 4.98 Å². The number of benzene rings is 6. The first-order chi connectivity index (χ1) is 20.7. The van der Waals surface area contributed by atoms with Crippen molar-refractivity contribution in [3.63, 3.8) is 0 Å². The zero-order valence-electron chi connectivity index (χ0n) is 23.2. The number of pyridine rings is 1. The van der Waals surface area contributed by atoms with Gasteiger partial charge in [-0.2, -0.15) is 0 Å². The molecule has 8 aromatic rings. The molecule has 0 atom stereocenters. The number of rotatable bonds is 3. The molecule has 42 heavy (non-hydrogen) atoms. The highest BCUT2D eigenvalue weighted by atomic mass is 15.0. The summed E-state index contributed by atoms with van der Waals surface area (Å²) in [4.78, 5) is 4.52. The predicted octanol–water partition coefficient (Wildman–Crippen LogP) is 10.6.